The number of benzene rings is 2. The molecule has 1 saturated carbocycles. The fraction of sp³-hybridized carbons (Fsp3) is 0.481. The summed E-state index contributed by atoms with van der Waals surface area (Å²) in [6.07, 6.45) is 3.94. The summed E-state index contributed by atoms with van der Waals surface area (Å²) in [7, 11) is 0. The minimum absolute atomic E-state index is 0.0860. The maximum Gasteiger partial charge on any atom is 0.248 e. The quantitative estimate of drug-likeness (QED) is 0.696. The molecule has 5 unspecified atom stereocenters. The van der Waals surface area contributed by atoms with E-state index in [1.165, 1.54) is 5.56 Å². The van der Waals surface area contributed by atoms with E-state index in [1.54, 1.807) is 12.1 Å². The lowest BCUT2D eigenvalue weighted by Crippen LogP contribution is -2.63. The van der Waals surface area contributed by atoms with Crippen LogP contribution in [0.25, 0.3) is 0 Å². The summed E-state index contributed by atoms with van der Waals surface area (Å²) in [5, 5.41) is 12.9. The van der Waals surface area contributed by atoms with Gasteiger partial charge in [0.25, 0.3) is 0 Å². The lowest BCUT2D eigenvalue weighted by atomic mass is 9.59. The largest absolute Gasteiger partial charge is 0.508 e. The predicted molar refractivity (Wildman–Crippen MR) is 126 cm³/mol. The zero-order valence-corrected chi connectivity index (χ0v) is 18.9. The second-order valence-electron chi connectivity index (χ2n) is 10.2. The molecule has 0 aromatic heterocycles. The van der Waals surface area contributed by atoms with E-state index in [4.69, 9.17) is 4.99 Å². The van der Waals surface area contributed by atoms with Gasteiger partial charge in [-0.05, 0) is 47.9 Å². The molecule has 32 heavy (non-hydrogen) atoms. The number of carbonyl (C=O) groups excluding carboxylic acids is 1. The Hall–Kier alpha value is -2.66. The Morgan fingerprint density at radius 1 is 1.16 bits per heavy atom. The average molecular weight is 432 g/mol. The normalized spacial score (nSPS) is 30.7. The average Bonchev–Trinajstić information content (AvgIpc) is 3.09. The number of nitrogens with zero attached hydrogens (tertiary/aromatic N) is 2. The molecule has 3 heterocycles. The number of aromatic hydroxyl groups is 1. The van der Waals surface area contributed by atoms with Crippen molar-refractivity contribution in [3.8, 4) is 5.75 Å². The standard InChI is InChI=1S/C27H33N3O2/c1-18(2)12-24-25-23-15-29-27(24,26(32)28-14-19-6-4-3-5-7-19)13-21(23)17-30(25)16-20-8-10-22(31)11-9-20/h3-11,15,18,21,23-25,31H,12-14,16-17H2,1-2H3,(H,28,32). The summed E-state index contributed by atoms with van der Waals surface area (Å²) in [6.45, 7) is 6.89. The zero-order chi connectivity index (χ0) is 22.3. The highest BCUT2D eigenvalue weighted by atomic mass is 16.3. The summed E-state index contributed by atoms with van der Waals surface area (Å²) >= 11 is 0. The van der Waals surface area contributed by atoms with Crippen LogP contribution in [0, 0.1) is 23.7 Å². The van der Waals surface area contributed by atoms with Crippen LogP contribution < -0.4 is 5.32 Å². The monoisotopic (exact) mass is 431 g/mol. The van der Waals surface area contributed by atoms with Crippen molar-refractivity contribution in [3.63, 3.8) is 0 Å². The number of phenolic OH excluding ortho intramolecular Hbond substituents is 1. The van der Waals surface area contributed by atoms with Crippen molar-refractivity contribution in [1.29, 1.82) is 0 Å². The van der Waals surface area contributed by atoms with Crippen molar-refractivity contribution in [2.45, 2.75) is 51.4 Å². The molecule has 1 aliphatic carbocycles. The smallest absolute Gasteiger partial charge is 0.248 e. The number of carbonyl (C=O) groups is 1. The van der Waals surface area contributed by atoms with Gasteiger partial charge in [0.05, 0.1) is 0 Å². The highest BCUT2D eigenvalue weighted by molar-refractivity contribution is 5.91. The molecular weight excluding hydrogens is 398 g/mol. The molecule has 5 heteroatoms. The van der Waals surface area contributed by atoms with Crippen molar-refractivity contribution in [2.75, 3.05) is 6.54 Å². The first kappa shape index (κ1) is 21.2. The Balaban J connectivity index is 1.41. The number of rotatable bonds is 7. The number of nitrogens with one attached hydrogen (secondary N) is 1. The molecule has 1 amide bonds. The van der Waals surface area contributed by atoms with Crippen LogP contribution in [-0.4, -0.2) is 40.3 Å². The van der Waals surface area contributed by atoms with Gasteiger partial charge in [-0.15, -0.1) is 0 Å². The van der Waals surface area contributed by atoms with E-state index in [0.29, 0.717) is 36.1 Å². The van der Waals surface area contributed by atoms with E-state index in [1.807, 2.05) is 42.5 Å². The van der Waals surface area contributed by atoms with Gasteiger partial charge in [0.1, 0.15) is 11.3 Å². The summed E-state index contributed by atoms with van der Waals surface area (Å²) in [5.41, 5.74) is 1.66. The van der Waals surface area contributed by atoms with Crippen LogP contribution in [0.1, 0.15) is 37.8 Å². The van der Waals surface area contributed by atoms with Gasteiger partial charge in [-0.1, -0.05) is 56.3 Å². The Kier molecular flexibility index (Phi) is 5.54. The van der Waals surface area contributed by atoms with Crippen molar-refractivity contribution in [2.24, 2.45) is 28.7 Å². The highest BCUT2D eigenvalue weighted by Gasteiger charge is 2.63. The van der Waals surface area contributed by atoms with Crippen molar-refractivity contribution in [3.05, 3.63) is 65.7 Å². The predicted octanol–water partition coefficient (Wildman–Crippen LogP) is 4.01. The third-order valence-electron chi connectivity index (χ3n) is 7.64. The molecule has 3 aliphatic heterocycles. The lowest BCUT2D eigenvalue weighted by molar-refractivity contribution is -0.132. The molecule has 4 bridgehead atoms. The molecule has 0 spiro atoms. The Bertz CT molecular complexity index is 988. The first-order valence-electron chi connectivity index (χ1n) is 11.9. The topological polar surface area (TPSA) is 64.9 Å². The van der Waals surface area contributed by atoms with Crippen LogP contribution in [0.5, 0.6) is 5.75 Å². The Morgan fingerprint density at radius 2 is 1.91 bits per heavy atom. The van der Waals surface area contributed by atoms with Crippen LogP contribution in [0.4, 0.5) is 0 Å². The van der Waals surface area contributed by atoms with Gasteiger partial charge in [-0.2, -0.15) is 0 Å². The molecule has 1 saturated heterocycles. The molecule has 4 aliphatic rings. The van der Waals surface area contributed by atoms with Gasteiger partial charge < -0.3 is 10.4 Å². The first-order chi connectivity index (χ1) is 15.5. The van der Waals surface area contributed by atoms with Crippen LogP contribution in [0.2, 0.25) is 0 Å². The van der Waals surface area contributed by atoms with Gasteiger partial charge in [0.15, 0.2) is 0 Å². The van der Waals surface area contributed by atoms with Crippen LogP contribution in [-0.2, 0) is 17.9 Å². The van der Waals surface area contributed by atoms with E-state index in [-0.39, 0.29) is 11.8 Å². The molecule has 2 N–H and O–H groups in total. The van der Waals surface area contributed by atoms with Crippen molar-refractivity contribution < 1.29 is 9.90 Å². The molecule has 2 fully saturated rings. The van der Waals surface area contributed by atoms with Gasteiger partial charge in [-0.3, -0.25) is 14.7 Å². The summed E-state index contributed by atoms with van der Waals surface area (Å²) < 4.78 is 0. The number of likely N-dealkylation sites (tertiary alicyclic amines) is 1. The van der Waals surface area contributed by atoms with Crippen LogP contribution >= 0.6 is 0 Å². The minimum Gasteiger partial charge on any atom is -0.508 e. The molecule has 5 nitrogen and oxygen atoms in total. The Morgan fingerprint density at radius 3 is 2.62 bits per heavy atom. The van der Waals surface area contributed by atoms with Gasteiger partial charge >= 0.3 is 0 Å². The third-order valence-corrected chi connectivity index (χ3v) is 7.64. The summed E-state index contributed by atoms with van der Waals surface area (Å²) in [6, 6.07) is 18.0. The molecular formula is C27H33N3O2. The van der Waals surface area contributed by atoms with Gasteiger partial charge in [0, 0.05) is 43.7 Å². The second kappa shape index (κ2) is 8.36. The minimum atomic E-state index is -0.660. The van der Waals surface area contributed by atoms with E-state index in [9.17, 15) is 9.90 Å². The van der Waals surface area contributed by atoms with Crippen molar-refractivity contribution in [1.82, 2.24) is 10.2 Å². The molecule has 2 aromatic rings. The van der Waals surface area contributed by atoms with E-state index in [0.717, 1.165) is 31.5 Å². The van der Waals surface area contributed by atoms with E-state index >= 15 is 0 Å². The molecule has 6 rings (SSSR count). The number of amides is 1. The second-order valence-corrected chi connectivity index (χ2v) is 10.2. The zero-order valence-electron chi connectivity index (χ0n) is 18.9. The van der Waals surface area contributed by atoms with E-state index < -0.39 is 5.54 Å². The highest BCUT2D eigenvalue weighted by Crippen LogP contribution is 2.55. The number of hydrogen-bond acceptors (Lipinski definition) is 4. The van der Waals surface area contributed by atoms with Gasteiger partial charge in [-0.25, -0.2) is 0 Å². The lowest BCUT2D eigenvalue weighted by Gasteiger charge is -2.51. The SMILES string of the molecule is CC(C)CC1C2C3C=NC1(C(=O)NCc1ccccc1)CC3CN2Cc1ccc(O)cc1. The van der Waals surface area contributed by atoms with Crippen LogP contribution in [0.15, 0.2) is 59.6 Å². The Labute approximate surface area is 190 Å². The fourth-order valence-corrected chi connectivity index (χ4v) is 6.30. The number of phenols is 1. The fourth-order valence-electron chi connectivity index (χ4n) is 6.30. The first-order valence-corrected chi connectivity index (χ1v) is 11.9. The summed E-state index contributed by atoms with van der Waals surface area (Å²) in [4.78, 5) is 21.2. The molecule has 168 valence electrons. The van der Waals surface area contributed by atoms with Crippen LogP contribution in [0.3, 0.4) is 0 Å². The number of aliphatic imine (C=N–C) groups is 1. The third kappa shape index (κ3) is 3.73. The van der Waals surface area contributed by atoms with Crippen molar-refractivity contribution >= 4 is 12.1 Å². The molecule has 2 aromatic carbocycles. The van der Waals surface area contributed by atoms with E-state index in [2.05, 4.69) is 30.3 Å². The summed E-state index contributed by atoms with van der Waals surface area (Å²) in [5.74, 6) is 2.00. The van der Waals surface area contributed by atoms with Gasteiger partial charge in [0.2, 0.25) is 5.91 Å². The maximum atomic E-state index is 13.7. The maximum absolute atomic E-state index is 13.7. The number of hydrogen-bond donors (Lipinski definition) is 2. The molecule has 5 atom stereocenters. The molecule has 0 radical (unpaired) electrons.